The number of hydrogen-bond donors (Lipinski definition) is 2. The normalized spacial score (nSPS) is 15.2. The summed E-state index contributed by atoms with van der Waals surface area (Å²) in [7, 11) is 1.37. The second-order valence-corrected chi connectivity index (χ2v) is 6.39. The summed E-state index contributed by atoms with van der Waals surface area (Å²) in [5.74, 6) is -2.31. The van der Waals surface area contributed by atoms with Gasteiger partial charge in [0.25, 0.3) is 11.8 Å². The molecule has 30 heavy (non-hydrogen) atoms. The Bertz CT molecular complexity index is 1070. The topological polar surface area (TPSA) is 122 Å². The highest BCUT2D eigenvalue weighted by molar-refractivity contribution is 6.39. The van der Waals surface area contributed by atoms with Gasteiger partial charge in [0, 0.05) is 0 Å². The standard InChI is InChI=1S/C21H18N2O7/c1-12-4-3-5-14(8-12)23-20(27)15(19(26)22-21(23)28)9-13-6-7-16(17(10-13)29-2)30-11-18(24)25/h3-10H,11H2,1-2H3,(H,24,25)(H,22,26,28)/b15-9-. The number of anilines is 1. The number of aryl methyl sites for hydroxylation is 1. The van der Waals surface area contributed by atoms with Crippen molar-refractivity contribution in [3.05, 3.63) is 59.2 Å². The van der Waals surface area contributed by atoms with Gasteiger partial charge in [-0.2, -0.15) is 0 Å². The molecule has 3 rings (SSSR count). The Morgan fingerprint density at radius 2 is 1.90 bits per heavy atom. The lowest BCUT2D eigenvalue weighted by atomic mass is 10.1. The summed E-state index contributed by atoms with van der Waals surface area (Å²) in [6.07, 6.45) is 1.32. The van der Waals surface area contributed by atoms with E-state index in [-0.39, 0.29) is 17.1 Å². The fourth-order valence-corrected chi connectivity index (χ4v) is 2.86. The summed E-state index contributed by atoms with van der Waals surface area (Å²) >= 11 is 0. The van der Waals surface area contributed by atoms with Crippen molar-refractivity contribution < 1.29 is 33.8 Å². The van der Waals surface area contributed by atoms with Gasteiger partial charge in [0.2, 0.25) is 0 Å². The minimum atomic E-state index is -1.14. The van der Waals surface area contributed by atoms with Gasteiger partial charge in [0.15, 0.2) is 18.1 Å². The number of hydrogen-bond acceptors (Lipinski definition) is 6. The van der Waals surface area contributed by atoms with Gasteiger partial charge in [-0.05, 0) is 48.4 Å². The predicted octanol–water partition coefficient (Wildman–Crippen LogP) is 2.13. The zero-order valence-electron chi connectivity index (χ0n) is 16.2. The Labute approximate surface area is 171 Å². The maximum atomic E-state index is 12.9. The quantitative estimate of drug-likeness (QED) is 0.552. The average molecular weight is 410 g/mol. The molecule has 4 amide bonds. The molecule has 2 N–H and O–H groups in total. The monoisotopic (exact) mass is 410 g/mol. The summed E-state index contributed by atoms with van der Waals surface area (Å²) in [5, 5.41) is 10.9. The van der Waals surface area contributed by atoms with Crippen molar-refractivity contribution in [2.75, 3.05) is 18.6 Å². The molecule has 0 unspecified atom stereocenters. The lowest BCUT2D eigenvalue weighted by molar-refractivity contribution is -0.139. The van der Waals surface area contributed by atoms with Crippen molar-refractivity contribution in [2.24, 2.45) is 0 Å². The summed E-state index contributed by atoms with van der Waals surface area (Å²) in [4.78, 5) is 49.0. The number of urea groups is 1. The van der Waals surface area contributed by atoms with E-state index in [0.717, 1.165) is 10.5 Å². The van der Waals surface area contributed by atoms with Gasteiger partial charge in [-0.1, -0.05) is 18.2 Å². The number of amides is 4. The van der Waals surface area contributed by atoms with Crippen molar-refractivity contribution >= 4 is 35.6 Å². The zero-order chi connectivity index (χ0) is 21.8. The zero-order valence-corrected chi connectivity index (χ0v) is 16.2. The van der Waals surface area contributed by atoms with E-state index in [2.05, 4.69) is 5.32 Å². The van der Waals surface area contributed by atoms with Crippen LogP contribution in [0.5, 0.6) is 11.5 Å². The number of barbiturate groups is 1. The Morgan fingerprint density at radius 3 is 2.57 bits per heavy atom. The first-order chi connectivity index (χ1) is 14.3. The molecule has 1 heterocycles. The Hall–Kier alpha value is -4.14. The summed E-state index contributed by atoms with van der Waals surface area (Å²) in [5.41, 5.74) is 1.37. The van der Waals surface area contributed by atoms with Gasteiger partial charge in [0.05, 0.1) is 12.8 Å². The third-order valence-electron chi connectivity index (χ3n) is 4.21. The van der Waals surface area contributed by atoms with Crippen molar-refractivity contribution in [1.82, 2.24) is 5.32 Å². The molecule has 0 aliphatic carbocycles. The Balaban J connectivity index is 1.95. The van der Waals surface area contributed by atoms with Crippen LogP contribution >= 0.6 is 0 Å². The number of nitrogens with zero attached hydrogens (tertiary/aromatic N) is 1. The Kier molecular flexibility index (Phi) is 5.82. The molecular weight excluding hydrogens is 392 g/mol. The van der Waals surface area contributed by atoms with Gasteiger partial charge in [0.1, 0.15) is 5.57 Å². The highest BCUT2D eigenvalue weighted by atomic mass is 16.5. The number of rotatable bonds is 6. The molecule has 1 saturated heterocycles. The SMILES string of the molecule is COc1cc(/C=C2/C(=O)NC(=O)N(c3cccc(C)c3)C2=O)ccc1OCC(=O)O. The molecular formula is C21H18N2O7. The number of methoxy groups -OCH3 is 1. The number of ether oxygens (including phenoxy) is 2. The highest BCUT2D eigenvalue weighted by Crippen LogP contribution is 2.30. The molecule has 1 fully saturated rings. The molecule has 0 aromatic heterocycles. The van der Waals surface area contributed by atoms with Crippen molar-refractivity contribution in [3.63, 3.8) is 0 Å². The number of carbonyl (C=O) groups excluding carboxylic acids is 3. The largest absolute Gasteiger partial charge is 0.493 e. The van der Waals surface area contributed by atoms with E-state index in [9.17, 15) is 19.2 Å². The van der Waals surface area contributed by atoms with Gasteiger partial charge in [-0.3, -0.25) is 14.9 Å². The van der Waals surface area contributed by atoms with Crippen LogP contribution in [-0.4, -0.2) is 42.6 Å². The third kappa shape index (κ3) is 4.30. The van der Waals surface area contributed by atoms with Crippen LogP contribution in [0.4, 0.5) is 10.5 Å². The maximum Gasteiger partial charge on any atom is 0.341 e. The first-order valence-electron chi connectivity index (χ1n) is 8.81. The summed E-state index contributed by atoms with van der Waals surface area (Å²) in [6.45, 7) is 1.27. The van der Waals surface area contributed by atoms with Crippen LogP contribution in [0.25, 0.3) is 6.08 Å². The maximum absolute atomic E-state index is 12.9. The molecule has 0 spiro atoms. The molecule has 0 atom stereocenters. The van der Waals surface area contributed by atoms with E-state index in [1.165, 1.54) is 31.4 Å². The number of nitrogens with one attached hydrogen (secondary N) is 1. The van der Waals surface area contributed by atoms with Crippen molar-refractivity contribution in [1.29, 1.82) is 0 Å². The van der Waals surface area contributed by atoms with E-state index in [4.69, 9.17) is 14.6 Å². The minimum Gasteiger partial charge on any atom is -0.493 e. The number of aliphatic carboxylic acids is 1. The number of carboxylic acid groups (broad SMARTS) is 1. The first kappa shape index (κ1) is 20.6. The molecule has 0 bridgehead atoms. The fraction of sp³-hybridized carbons (Fsp3) is 0.143. The minimum absolute atomic E-state index is 0.193. The summed E-state index contributed by atoms with van der Waals surface area (Å²) in [6, 6.07) is 10.4. The van der Waals surface area contributed by atoms with E-state index in [1.807, 2.05) is 13.0 Å². The number of benzene rings is 2. The lowest BCUT2D eigenvalue weighted by Gasteiger charge is -2.26. The van der Waals surface area contributed by atoms with Gasteiger partial charge < -0.3 is 14.6 Å². The second kappa shape index (κ2) is 8.48. The van der Waals surface area contributed by atoms with Crippen LogP contribution in [0.2, 0.25) is 0 Å². The average Bonchev–Trinajstić information content (AvgIpc) is 2.69. The van der Waals surface area contributed by atoms with Crippen molar-refractivity contribution in [2.45, 2.75) is 6.92 Å². The molecule has 0 saturated carbocycles. The van der Waals surface area contributed by atoms with Crippen molar-refractivity contribution in [3.8, 4) is 11.5 Å². The first-order valence-corrected chi connectivity index (χ1v) is 8.81. The van der Waals surface area contributed by atoms with E-state index in [0.29, 0.717) is 11.3 Å². The van der Waals surface area contributed by atoms with E-state index >= 15 is 0 Å². The van der Waals surface area contributed by atoms with Gasteiger partial charge >= 0.3 is 12.0 Å². The van der Waals surface area contributed by atoms with Crippen LogP contribution in [-0.2, 0) is 14.4 Å². The molecule has 2 aromatic rings. The number of imide groups is 2. The molecule has 9 heteroatoms. The van der Waals surface area contributed by atoms with Crippen LogP contribution in [0.1, 0.15) is 11.1 Å². The van der Waals surface area contributed by atoms with Crippen LogP contribution < -0.4 is 19.7 Å². The molecule has 1 aliphatic heterocycles. The van der Waals surface area contributed by atoms with E-state index < -0.39 is 30.4 Å². The van der Waals surface area contributed by atoms with E-state index in [1.54, 1.807) is 18.2 Å². The molecule has 9 nitrogen and oxygen atoms in total. The molecule has 0 radical (unpaired) electrons. The Morgan fingerprint density at radius 1 is 1.13 bits per heavy atom. The fourth-order valence-electron chi connectivity index (χ4n) is 2.86. The highest BCUT2D eigenvalue weighted by Gasteiger charge is 2.36. The number of carboxylic acids is 1. The second-order valence-electron chi connectivity index (χ2n) is 6.39. The smallest absolute Gasteiger partial charge is 0.341 e. The van der Waals surface area contributed by atoms with Crippen LogP contribution in [0, 0.1) is 6.92 Å². The van der Waals surface area contributed by atoms with Gasteiger partial charge in [-0.15, -0.1) is 0 Å². The molecule has 154 valence electrons. The van der Waals surface area contributed by atoms with Gasteiger partial charge in [-0.25, -0.2) is 14.5 Å². The molecule has 2 aromatic carbocycles. The lowest BCUT2D eigenvalue weighted by Crippen LogP contribution is -2.54. The molecule has 1 aliphatic rings. The third-order valence-corrected chi connectivity index (χ3v) is 4.21. The van der Waals surface area contributed by atoms with Crippen LogP contribution in [0.15, 0.2) is 48.0 Å². The predicted molar refractivity (Wildman–Crippen MR) is 106 cm³/mol. The summed E-state index contributed by atoms with van der Waals surface area (Å²) < 4.78 is 10.3. The number of carbonyl (C=O) groups is 4. The van der Waals surface area contributed by atoms with Crippen LogP contribution in [0.3, 0.4) is 0 Å².